The minimum absolute atomic E-state index is 0.00293. The summed E-state index contributed by atoms with van der Waals surface area (Å²) < 4.78 is 47.4. The second kappa shape index (κ2) is 20.2. The largest absolute Gasteiger partial charge is 0.457 e. The molecule has 3 rings (SSSR count). The van der Waals surface area contributed by atoms with Gasteiger partial charge in [-0.1, -0.05) is 0 Å². The molecular formula is C34H47F3N10O3S. The maximum absolute atomic E-state index is 13.8. The summed E-state index contributed by atoms with van der Waals surface area (Å²) in [6, 6.07) is 11.6. The Morgan fingerprint density at radius 1 is 0.863 bits per heavy atom. The van der Waals surface area contributed by atoms with Crippen LogP contribution >= 0.6 is 11.8 Å². The quantitative estimate of drug-likeness (QED) is 0.0340. The average molecular weight is 733 g/mol. The normalized spacial score (nSPS) is 11.1. The van der Waals surface area contributed by atoms with E-state index < -0.39 is 17.8 Å². The fourth-order valence-electron chi connectivity index (χ4n) is 4.93. The minimum atomic E-state index is -4.62. The summed E-state index contributed by atoms with van der Waals surface area (Å²) in [4.78, 5) is 30.6. The standard InChI is InChI=1S/C34H47F3N10O3S/c1-21-17-27(46-30(48)6-2-3-14-44-32(41)42)31(51-16-13-40)28(18-21)47-33(49)45-23-7-10-29(22(19-23)5-4-11-38)50-24-8-9-26(43-15-12-39)25(20-24)34(35,36)37/h7-10,17-20,43H,2-6,11-16,38-40H2,1H3,(H,46,48)(H4,41,42,44)(H2,45,47,49). The number of ether oxygens (including phenoxy) is 1. The van der Waals surface area contributed by atoms with E-state index in [0.717, 1.165) is 11.6 Å². The molecule has 0 aromatic heterocycles. The zero-order valence-corrected chi connectivity index (χ0v) is 29.3. The van der Waals surface area contributed by atoms with Crippen molar-refractivity contribution in [2.45, 2.75) is 50.1 Å². The van der Waals surface area contributed by atoms with Crippen molar-refractivity contribution in [2.75, 3.05) is 59.7 Å². The monoisotopic (exact) mass is 732 g/mol. The molecule has 0 atom stereocenters. The van der Waals surface area contributed by atoms with Crippen molar-refractivity contribution >= 4 is 52.4 Å². The number of alkyl halides is 3. The number of benzene rings is 3. The third kappa shape index (κ3) is 13.5. The van der Waals surface area contributed by atoms with Crippen LogP contribution in [-0.4, -0.2) is 56.4 Å². The number of aliphatic imine (C=N–C) groups is 1. The molecule has 14 N–H and O–H groups in total. The molecule has 3 aromatic carbocycles. The number of thioether (sulfide) groups is 1. The van der Waals surface area contributed by atoms with Crippen molar-refractivity contribution in [1.82, 2.24) is 0 Å². The molecule has 278 valence electrons. The van der Waals surface area contributed by atoms with Gasteiger partial charge in [-0.15, -0.1) is 11.8 Å². The summed E-state index contributed by atoms with van der Waals surface area (Å²) in [5.41, 5.74) is 29.5. The van der Waals surface area contributed by atoms with Crippen molar-refractivity contribution in [3.8, 4) is 11.5 Å². The first-order chi connectivity index (χ1) is 24.3. The number of rotatable bonds is 19. The maximum atomic E-state index is 13.8. The van der Waals surface area contributed by atoms with Crippen molar-refractivity contribution in [1.29, 1.82) is 0 Å². The molecule has 17 heteroatoms. The average Bonchev–Trinajstić information content (AvgIpc) is 3.06. The van der Waals surface area contributed by atoms with Crippen molar-refractivity contribution < 1.29 is 27.5 Å². The molecule has 0 aliphatic heterocycles. The number of nitrogens with two attached hydrogens (primary N) is 5. The van der Waals surface area contributed by atoms with Gasteiger partial charge in [0.15, 0.2) is 5.96 Å². The first kappa shape index (κ1) is 40.7. The first-order valence-electron chi connectivity index (χ1n) is 16.4. The van der Waals surface area contributed by atoms with E-state index in [1.54, 1.807) is 24.3 Å². The molecule has 0 unspecified atom stereocenters. The van der Waals surface area contributed by atoms with Gasteiger partial charge in [-0.2, -0.15) is 13.2 Å². The Balaban J connectivity index is 1.80. The van der Waals surface area contributed by atoms with E-state index in [9.17, 15) is 22.8 Å². The Morgan fingerprint density at radius 2 is 1.61 bits per heavy atom. The van der Waals surface area contributed by atoms with Crippen LogP contribution < -0.4 is 54.7 Å². The van der Waals surface area contributed by atoms with Crippen molar-refractivity contribution in [2.24, 2.45) is 33.7 Å². The zero-order chi connectivity index (χ0) is 37.4. The number of halogens is 3. The summed E-state index contributed by atoms with van der Waals surface area (Å²) in [6.07, 6.45) is -2.13. The number of amides is 3. The lowest BCUT2D eigenvalue weighted by Crippen LogP contribution is -2.23. The van der Waals surface area contributed by atoms with Crippen LogP contribution in [0, 0.1) is 6.92 Å². The van der Waals surface area contributed by atoms with E-state index in [-0.39, 0.29) is 42.8 Å². The third-order valence-electron chi connectivity index (χ3n) is 7.18. The van der Waals surface area contributed by atoms with E-state index in [1.807, 2.05) is 13.0 Å². The summed E-state index contributed by atoms with van der Waals surface area (Å²) in [5.74, 6) is 0.647. The van der Waals surface area contributed by atoms with Crippen LogP contribution in [0.1, 0.15) is 42.4 Å². The van der Waals surface area contributed by atoms with Gasteiger partial charge in [0.25, 0.3) is 0 Å². The van der Waals surface area contributed by atoms with E-state index in [2.05, 4.69) is 26.3 Å². The van der Waals surface area contributed by atoms with Crippen molar-refractivity contribution in [3.05, 3.63) is 65.2 Å². The molecule has 51 heavy (non-hydrogen) atoms. The SMILES string of the molecule is Cc1cc(NC(=O)CCCCN=C(N)N)c(SCCN)c(NC(=O)Nc2ccc(Oc3ccc(NCCN)c(C(F)(F)F)c3)c(CCCN)c2)c1. The lowest BCUT2D eigenvalue weighted by atomic mass is 10.1. The lowest BCUT2D eigenvalue weighted by molar-refractivity contribution is -0.137. The Morgan fingerprint density at radius 3 is 2.27 bits per heavy atom. The number of urea groups is 1. The number of unbranched alkanes of at least 4 members (excludes halogenated alkanes) is 1. The lowest BCUT2D eigenvalue weighted by Gasteiger charge is -2.19. The Bertz CT molecular complexity index is 1650. The topological polar surface area (TPSA) is 234 Å². The summed E-state index contributed by atoms with van der Waals surface area (Å²) in [6.45, 7) is 3.35. The molecule has 13 nitrogen and oxygen atoms in total. The number of carbonyl (C=O) groups is 2. The molecule has 0 radical (unpaired) electrons. The summed E-state index contributed by atoms with van der Waals surface area (Å²) in [7, 11) is 0. The summed E-state index contributed by atoms with van der Waals surface area (Å²) in [5, 5.41) is 11.3. The highest BCUT2D eigenvalue weighted by atomic mass is 32.2. The molecule has 0 spiro atoms. The second-order valence-corrected chi connectivity index (χ2v) is 12.6. The van der Waals surface area contributed by atoms with Crippen LogP contribution in [0.3, 0.4) is 0 Å². The van der Waals surface area contributed by atoms with Crippen LogP contribution in [0.5, 0.6) is 11.5 Å². The van der Waals surface area contributed by atoms with Gasteiger partial charge in [0, 0.05) is 49.7 Å². The molecule has 0 saturated carbocycles. The molecule has 3 aromatic rings. The number of anilines is 4. The molecule has 0 saturated heterocycles. The number of nitrogens with one attached hydrogen (secondary N) is 4. The van der Waals surface area contributed by atoms with Gasteiger partial charge in [0.05, 0.1) is 21.8 Å². The number of hydrogen-bond donors (Lipinski definition) is 9. The highest BCUT2D eigenvalue weighted by Gasteiger charge is 2.34. The van der Waals surface area contributed by atoms with Gasteiger partial charge in [0.2, 0.25) is 5.91 Å². The Kier molecular flexibility index (Phi) is 16.1. The fourth-order valence-corrected chi connectivity index (χ4v) is 5.79. The highest BCUT2D eigenvalue weighted by Crippen LogP contribution is 2.39. The van der Waals surface area contributed by atoms with Crippen LogP contribution in [0.25, 0.3) is 0 Å². The highest BCUT2D eigenvalue weighted by molar-refractivity contribution is 7.99. The predicted octanol–water partition coefficient (Wildman–Crippen LogP) is 5.15. The Labute approximate surface area is 299 Å². The van der Waals surface area contributed by atoms with Crippen molar-refractivity contribution in [3.63, 3.8) is 0 Å². The van der Waals surface area contributed by atoms with Crippen LogP contribution in [0.2, 0.25) is 0 Å². The van der Waals surface area contributed by atoms with E-state index in [4.69, 9.17) is 33.4 Å². The smallest absolute Gasteiger partial charge is 0.418 e. The number of carbonyl (C=O) groups excluding carboxylic acids is 2. The molecular weight excluding hydrogens is 686 g/mol. The first-order valence-corrected chi connectivity index (χ1v) is 17.4. The minimum Gasteiger partial charge on any atom is -0.457 e. The van der Waals surface area contributed by atoms with E-state index >= 15 is 0 Å². The predicted molar refractivity (Wildman–Crippen MR) is 200 cm³/mol. The summed E-state index contributed by atoms with van der Waals surface area (Å²) >= 11 is 1.39. The number of nitrogens with zero attached hydrogens (tertiary/aromatic N) is 1. The van der Waals surface area contributed by atoms with Crippen LogP contribution in [0.4, 0.5) is 40.7 Å². The van der Waals surface area contributed by atoms with Crippen LogP contribution in [0.15, 0.2) is 58.4 Å². The van der Waals surface area contributed by atoms with Gasteiger partial charge < -0.3 is 54.7 Å². The molecule has 0 fully saturated rings. The number of hydrogen-bond acceptors (Lipinski definition) is 9. The van der Waals surface area contributed by atoms with Gasteiger partial charge >= 0.3 is 12.2 Å². The number of guanidine groups is 1. The Hall–Kier alpha value is -4.71. The molecule has 0 heterocycles. The maximum Gasteiger partial charge on any atom is 0.418 e. The van der Waals surface area contributed by atoms with Gasteiger partial charge in [-0.05, 0) is 98.8 Å². The molecule has 0 bridgehead atoms. The van der Waals surface area contributed by atoms with Gasteiger partial charge in [0.1, 0.15) is 11.5 Å². The third-order valence-corrected chi connectivity index (χ3v) is 8.35. The fraction of sp³-hybridized carbons (Fsp3) is 0.382. The molecule has 0 aliphatic rings. The molecule has 3 amide bonds. The zero-order valence-electron chi connectivity index (χ0n) is 28.5. The van der Waals surface area contributed by atoms with Crippen LogP contribution in [-0.2, 0) is 17.4 Å². The van der Waals surface area contributed by atoms with Gasteiger partial charge in [-0.3, -0.25) is 9.79 Å². The van der Waals surface area contributed by atoms with Gasteiger partial charge in [-0.25, -0.2) is 4.79 Å². The van der Waals surface area contributed by atoms with E-state index in [0.29, 0.717) is 84.3 Å². The molecule has 0 aliphatic carbocycles. The second-order valence-electron chi connectivity index (χ2n) is 11.5. The number of aryl methyl sites for hydroxylation is 2. The van der Waals surface area contributed by atoms with E-state index in [1.165, 1.54) is 23.9 Å².